The van der Waals surface area contributed by atoms with Crippen LogP contribution in [0.4, 0.5) is 0 Å². The predicted molar refractivity (Wildman–Crippen MR) is 115 cm³/mol. The maximum atomic E-state index is 12.4. The molecule has 7 nitrogen and oxygen atoms in total. The molecule has 1 aromatic carbocycles. The molecule has 0 spiro atoms. The molecule has 1 aromatic rings. The average molecular weight is 430 g/mol. The molecule has 31 heavy (non-hydrogen) atoms. The topological polar surface area (TPSA) is 82.1 Å². The van der Waals surface area contributed by atoms with E-state index in [1.807, 2.05) is 29.2 Å². The second kappa shape index (κ2) is 11.5. The van der Waals surface area contributed by atoms with Crippen molar-refractivity contribution in [3.8, 4) is 11.5 Å². The van der Waals surface area contributed by atoms with Gasteiger partial charge in [-0.05, 0) is 50.0 Å². The average Bonchev–Trinajstić information content (AvgIpc) is 3.35. The third kappa shape index (κ3) is 6.84. The standard InChI is InChI=1S/C24H31NO6/c1-2-29-24(28)7-5-3-4-6-14-25-19(10-13-23(25)27)9-11-20(26)15-18-8-12-21-22(16-18)31-17-30-21/h8-9,11-12,16,19H,2-7,10,13-15,17H2,1H3/t19-/m0/s1. The summed E-state index contributed by atoms with van der Waals surface area (Å²) in [5.74, 6) is 1.37. The number of carbonyl (C=O) groups excluding carboxylic acids is 3. The lowest BCUT2D eigenvalue weighted by molar-refractivity contribution is -0.143. The van der Waals surface area contributed by atoms with Crippen LogP contribution in [-0.4, -0.2) is 48.5 Å². The number of hydrogen-bond acceptors (Lipinski definition) is 6. The Hall–Kier alpha value is -2.83. The largest absolute Gasteiger partial charge is 0.466 e. The summed E-state index contributed by atoms with van der Waals surface area (Å²) in [7, 11) is 0. The molecular weight excluding hydrogens is 398 g/mol. The molecule has 168 valence electrons. The number of esters is 1. The van der Waals surface area contributed by atoms with E-state index >= 15 is 0 Å². The van der Waals surface area contributed by atoms with Gasteiger partial charge in [0.05, 0.1) is 12.6 Å². The first-order valence-corrected chi connectivity index (χ1v) is 11.1. The molecule has 3 rings (SSSR count). The molecule has 1 amide bonds. The van der Waals surface area contributed by atoms with Crippen LogP contribution in [0.2, 0.25) is 0 Å². The number of rotatable bonds is 12. The zero-order valence-corrected chi connectivity index (χ0v) is 18.1. The number of carbonyl (C=O) groups is 3. The summed E-state index contributed by atoms with van der Waals surface area (Å²) in [6, 6.07) is 5.50. The Morgan fingerprint density at radius 2 is 1.97 bits per heavy atom. The molecule has 0 N–H and O–H groups in total. The molecule has 0 aromatic heterocycles. The second-order valence-corrected chi connectivity index (χ2v) is 7.85. The minimum atomic E-state index is -0.146. The molecule has 0 aliphatic carbocycles. The summed E-state index contributed by atoms with van der Waals surface area (Å²) in [6.07, 6.45) is 9.07. The molecule has 2 aliphatic heterocycles. The van der Waals surface area contributed by atoms with E-state index in [4.69, 9.17) is 14.2 Å². The maximum absolute atomic E-state index is 12.4. The zero-order chi connectivity index (χ0) is 22.1. The molecule has 1 fully saturated rings. The highest BCUT2D eigenvalue weighted by Crippen LogP contribution is 2.32. The van der Waals surface area contributed by atoms with Crippen LogP contribution >= 0.6 is 0 Å². The molecule has 7 heteroatoms. The Morgan fingerprint density at radius 3 is 2.81 bits per heavy atom. The van der Waals surface area contributed by atoms with Gasteiger partial charge in [0, 0.05) is 25.8 Å². The van der Waals surface area contributed by atoms with Crippen molar-refractivity contribution in [2.24, 2.45) is 0 Å². The second-order valence-electron chi connectivity index (χ2n) is 7.85. The third-order valence-electron chi connectivity index (χ3n) is 5.53. The van der Waals surface area contributed by atoms with Gasteiger partial charge in [0.1, 0.15) is 0 Å². The molecule has 2 aliphatic rings. The van der Waals surface area contributed by atoms with Gasteiger partial charge in [-0.2, -0.15) is 0 Å². The van der Waals surface area contributed by atoms with Crippen molar-refractivity contribution in [2.75, 3.05) is 19.9 Å². The first kappa shape index (κ1) is 22.8. The smallest absolute Gasteiger partial charge is 0.305 e. The van der Waals surface area contributed by atoms with Gasteiger partial charge in [0.25, 0.3) is 0 Å². The van der Waals surface area contributed by atoms with Gasteiger partial charge in [-0.25, -0.2) is 0 Å². The van der Waals surface area contributed by atoms with E-state index < -0.39 is 0 Å². The van der Waals surface area contributed by atoms with E-state index in [2.05, 4.69) is 0 Å². The highest BCUT2D eigenvalue weighted by atomic mass is 16.7. The summed E-state index contributed by atoms with van der Waals surface area (Å²) in [6.45, 7) is 3.12. The van der Waals surface area contributed by atoms with Crippen LogP contribution in [0.15, 0.2) is 30.4 Å². The lowest BCUT2D eigenvalue weighted by Gasteiger charge is -2.22. The number of amides is 1. The van der Waals surface area contributed by atoms with Crippen LogP contribution < -0.4 is 9.47 Å². The zero-order valence-electron chi connectivity index (χ0n) is 18.1. The van der Waals surface area contributed by atoms with Gasteiger partial charge in [-0.15, -0.1) is 0 Å². The monoisotopic (exact) mass is 429 g/mol. The number of allylic oxidation sites excluding steroid dienone is 1. The summed E-state index contributed by atoms with van der Waals surface area (Å²) >= 11 is 0. The van der Waals surface area contributed by atoms with Crippen LogP contribution in [0.5, 0.6) is 11.5 Å². The lowest BCUT2D eigenvalue weighted by atomic mass is 10.1. The van der Waals surface area contributed by atoms with Gasteiger partial charge in [0.15, 0.2) is 17.3 Å². The van der Waals surface area contributed by atoms with Crippen molar-refractivity contribution in [3.63, 3.8) is 0 Å². The van der Waals surface area contributed by atoms with Crippen LogP contribution in [0.1, 0.15) is 57.4 Å². The normalized spacial score (nSPS) is 17.5. The van der Waals surface area contributed by atoms with Gasteiger partial charge >= 0.3 is 5.97 Å². The first-order chi connectivity index (χ1) is 15.1. The Labute approximate surface area is 183 Å². The minimum absolute atomic E-state index is 0.00266. The first-order valence-electron chi connectivity index (χ1n) is 11.1. The molecule has 0 radical (unpaired) electrons. The molecule has 0 bridgehead atoms. The van der Waals surface area contributed by atoms with Gasteiger partial charge in [0.2, 0.25) is 12.7 Å². The van der Waals surface area contributed by atoms with Crippen LogP contribution in [-0.2, 0) is 25.5 Å². The maximum Gasteiger partial charge on any atom is 0.305 e. The van der Waals surface area contributed by atoms with Crippen LogP contribution in [0.25, 0.3) is 0 Å². The summed E-state index contributed by atoms with van der Waals surface area (Å²) < 4.78 is 15.6. The van der Waals surface area contributed by atoms with E-state index in [9.17, 15) is 14.4 Å². The summed E-state index contributed by atoms with van der Waals surface area (Å²) in [5.41, 5.74) is 0.876. The van der Waals surface area contributed by atoms with E-state index in [0.717, 1.165) is 37.7 Å². The fraction of sp³-hybridized carbons (Fsp3) is 0.542. The molecule has 0 unspecified atom stereocenters. The van der Waals surface area contributed by atoms with Crippen LogP contribution in [0.3, 0.4) is 0 Å². The van der Waals surface area contributed by atoms with Gasteiger partial charge in [-0.1, -0.05) is 25.0 Å². The van der Waals surface area contributed by atoms with E-state index in [1.54, 1.807) is 13.0 Å². The van der Waals surface area contributed by atoms with Gasteiger partial charge in [-0.3, -0.25) is 14.4 Å². The minimum Gasteiger partial charge on any atom is -0.466 e. The Balaban J connectivity index is 1.40. The van der Waals surface area contributed by atoms with Crippen molar-refractivity contribution in [2.45, 2.75) is 64.3 Å². The number of unbranched alkanes of at least 4 members (excludes halogenated alkanes) is 3. The molecule has 0 saturated carbocycles. The van der Waals surface area contributed by atoms with Crippen molar-refractivity contribution < 1.29 is 28.6 Å². The van der Waals surface area contributed by atoms with Crippen LogP contribution in [0, 0.1) is 0 Å². The molecular formula is C24H31NO6. The number of fused-ring (bicyclic) bond motifs is 1. The molecule has 1 saturated heterocycles. The van der Waals surface area contributed by atoms with E-state index in [1.165, 1.54) is 0 Å². The fourth-order valence-corrected chi connectivity index (χ4v) is 3.91. The van der Waals surface area contributed by atoms with E-state index in [0.29, 0.717) is 37.5 Å². The lowest BCUT2D eigenvalue weighted by Crippen LogP contribution is -2.32. The number of likely N-dealkylation sites (tertiary alicyclic amines) is 1. The van der Waals surface area contributed by atoms with Crippen molar-refractivity contribution >= 4 is 17.7 Å². The Morgan fingerprint density at radius 1 is 1.16 bits per heavy atom. The molecule has 1 atom stereocenters. The summed E-state index contributed by atoms with van der Waals surface area (Å²) in [4.78, 5) is 37.8. The third-order valence-corrected chi connectivity index (χ3v) is 5.53. The quantitative estimate of drug-likeness (QED) is 0.287. The summed E-state index contributed by atoms with van der Waals surface area (Å²) in [5, 5.41) is 0. The number of nitrogens with zero attached hydrogens (tertiary/aromatic N) is 1. The predicted octanol–water partition coefficient (Wildman–Crippen LogP) is 3.59. The van der Waals surface area contributed by atoms with Crippen molar-refractivity contribution in [1.82, 2.24) is 4.90 Å². The number of ether oxygens (including phenoxy) is 3. The van der Waals surface area contributed by atoms with Gasteiger partial charge < -0.3 is 19.1 Å². The van der Waals surface area contributed by atoms with Crippen molar-refractivity contribution in [1.29, 1.82) is 0 Å². The van der Waals surface area contributed by atoms with Crippen molar-refractivity contribution in [3.05, 3.63) is 35.9 Å². The number of benzene rings is 1. The Kier molecular flexibility index (Phi) is 8.50. The fourth-order valence-electron chi connectivity index (χ4n) is 3.91. The SMILES string of the molecule is CCOC(=O)CCCCCCN1C(=O)CC[C@@H]1C=CC(=O)Cc1ccc2c(c1)OCO2. The number of hydrogen-bond donors (Lipinski definition) is 0. The number of ketones is 1. The molecule has 2 heterocycles. The highest BCUT2D eigenvalue weighted by Gasteiger charge is 2.28. The highest BCUT2D eigenvalue weighted by molar-refractivity contribution is 5.91. The Bertz CT molecular complexity index is 818. The van der Waals surface area contributed by atoms with E-state index in [-0.39, 0.29) is 36.9 Å².